The van der Waals surface area contributed by atoms with Crippen LogP contribution >= 0.6 is 23.2 Å². The van der Waals surface area contributed by atoms with Crippen LogP contribution in [-0.2, 0) is 6.54 Å². The molecule has 0 spiro atoms. The lowest BCUT2D eigenvalue weighted by molar-refractivity contribution is 0.103. The largest absolute Gasteiger partial charge is 0.494 e. The molecule has 0 bridgehead atoms. The number of unbranched alkanes of at least 4 members (excludes halogenated alkanes) is 4. The number of benzene rings is 2. The lowest BCUT2D eigenvalue weighted by Gasteiger charge is -2.17. The monoisotopic (exact) mass is 540 g/mol. The predicted molar refractivity (Wildman–Crippen MR) is 146 cm³/mol. The molecule has 0 unspecified atom stereocenters. The number of pyridine rings is 1. The zero-order valence-electron chi connectivity index (χ0n) is 21.2. The van der Waals surface area contributed by atoms with Crippen LogP contribution in [0.3, 0.4) is 0 Å². The van der Waals surface area contributed by atoms with Crippen LogP contribution in [0.25, 0.3) is 0 Å². The highest BCUT2D eigenvalue weighted by atomic mass is 35.5. The molecule has 0 aliphatic heterocycles. The van der Waals surface area contributed by atoms with Gasteiger partial charge in [0.05, 0.1) is 28.8 Å². The number of nitriles is 1. The number of halogens is 2. The second-order valence-corrected chi connectivity index (χ2v) is 9.86. The molecule has 0 fully saturated rings. The van der Waals surface area contributed by atoms with E-state index in [4.69, 9.17) is 27.9 Å². The molecule has 3 rings (SSSR count). The molecule has 3 aromatic rings. The number of carbonyl (C=O) groups excluding carboxylic acids is 1. The van der Waals surface area contributed by atoms with E-state index in [0.717, 1.165) is 41.4 Å². The number of aromatic hydroxyl groups is 1. The maximum absolute atomic E-state index is 13.6. The van der Waals surface area contributed by atoms with Gasteiger partial charge in [-0.25, -0.2) is 0 Å². The summed E-state index contributed by atoms with van der Waals surface area (Å²) in [6.45, 7) is 5.99. The summed E-state index contributed by atoms with van der Waals surface area (Å²) in [5, 5.41) is 21.0. The molecule has 0 atom stereocenters. The molecule has 194 valence electrons. The molecule has 1 N–H and O–H groups in total. The van der Waals surface area contributed by atoms with Crippen molar-refractivity contribution in [2.24, 2.45) is 0 Å². The Hall–Kier alpha value is -3.27. The molecule has 0 radical (unpaired) electrons. The lowest BCUT2D eigenvalue weighted by Crippen LogP contribution is -2.27. The van der Waals surface area contributed by atoms with Gasteiger partial charge >= 0.3 is 0 Å². The average molecular weight is 541 g/mol. The first-order chi connectivity index (χ1) is 17.7. The predicted octanol–water partition coefficient (Wildman–Crippen LogP) is 6.98. The van der Waals surface area contributed by atoms with Crippen molar-refractivity contribution in [2.75, 3.05) is 6.61 Å². The Balaban J connectivity index is 1.95. The topological polar surface area (TPSA) is 92.3 Å². The molecule has 37 heavy (non-hydrogen) atoms. The molecule has 6 nitrogen and oxygen atoms in total. The Labute approximate surface area is 227 Å². The molecule has 0 saturated carbocycles. The standard InChI is InChI=1S/C29H30Cl2N2O4/c1-4-5-6-7-8-13-37-27-23(30)14-21(15-24(27)31)26(34)25-19(3)22(16-32)28(35)33(29(25)36)17-20-11-9-18(2)10-12-20/h9-12,14-15,36H,4-8,13,17H2,1-3H3. The van der Waals surface area contributed by atoms with Crippen LogP contribution in [0.15, 0.2) is 41.2 Å². The van der Waals surface area contributed by atoms with E-state index in [0.29, 0.717) is 12.4 Å². The Bertz CT molecular complexity index is 1370. The van der Waals surface area contributed by atoms with Crippen LogP contribution in [0.4, 0.5) is 0 Å². The minimum atomic E-state index is -0.673. The van der Waals surface area contributed by atoms with Gasteiger partial charge in [0, 0.05) is 5.56 Å². The second kappa shape index (κ2) is 12.8. The first-order valence-electron chi connectivity index (χ1n) is 12.3. The van der Waals surface area contributed by atoms with Gasteiger partial charge in [-0.1, -0.05) is 85.6 Å². The number of carbonyl (C=O) groups is 1. The molecular formula is C29H30Cl2N2O4. The zero-order chi connectivity index (χ0) is 27.1. The van der Waals surface area contributed by atoms with Crippen LogP contribution < -0.4 is 10.3 Å². The van der Waals surface area contributed by atoms with Crippen molar-refractivity contribution in [3.05, 3.63) is 90.2 Å². The van der Waals surface area contributed by atoms with Crippen molar-refractivity contribution in [1.82, 2.24) is 4.57 Å². The van der Waals surface area contributed by atoms with E-state index in [9.17, 15) is 20.0 Å². The quantitative estimate of drug-likeness (QED) is 0.209. The van der Waals surface area contributed by atoms with Gasteiger partial charge in [0.1, 0.15) is 11.6 Å². The summed E-state index contributed by atoms with van der Waals surface area (Å²) in [4.78, 5) is 26.5. The maximum atomic E-state index is 13.6. The highest BCUT2D eigenvalue weighted by Crippen LogP contribution is 2.36. The fourth-order valence-electron chi connectivity index (χ4n) is 4.10. The van der Waals surface area contributed by atoms with Crippen LogP contribution in [0.1, 0.15) is 77.2 Å². The van der Waals surface area contributed by atoms with Gasteiger partial charge in [-0.05, 0) is 43.5 Å². The number of ether oxygens (including phenoxy) is 1. The van der Waals surface area contributed by atoms with Crippen molar-refractivity contribution < 1.29 is 14.6 Å². The third-order valence-electron chi connectivity index (χ3n) is 6.24. The molecule has 2 aromatic carbocycles. The molecule has 0 aliphatic rings. The summed E-state index contributed by atoms with van der Waals surface area (Å²) in [5.41, 5.74) is 0.927. The Morgan fingerprint density at radius 2 is 1.68 bits per heavy atom. The Morgan fingerprint density at radius 1 is 1.05 bits per heavy atom. The van der Waals surface area contributed by atoms with Crippen LogP contribution in [-0.4, -0.2) is 22.1 Å². The number of rotatable bonds is 11. The summed E-state index contributed by atoms with van der Waals surface area (Å²) in [7, 11) is 0. The smallest absolute Gasteiger partial charge is 0.271 e. The normalized spacial score (nSPS) is 10.8. The maximum Gasteiger partial charge on any atom is 0.271 e. The van der Waals surface area contributed by atoms with E-state index in [1.807, 2.05) is 37.3 Å². The summed E-state index contributed by atoms with van der Waals surface area (Å²) in [5.74, 6) is -0.843. The van der Waals surface area contributed by atoms with E-state index >= 15 is 0 Å². The summed E-state index contributed by atoms with van der Waals surface area (Å²) < 4.78 is 6.80. The Kier molecular flexibility index (Phi) is 9.79. The number of ketones is 1. The van der Waals surface area contributed by atoms with Gasteiger partial charge < -0.3 is 9.84 Å². The zero-order valence-corrected chi connectivity index (χ0v) is 22.7. The van der Waals surface area contributed by atoms with Gasteiger partial charge in [-0.2, -0.15) is 5.26 Å². The van der Waals surface area contributed by atoms with Gasteiger partial charge in [0.15, 0.2) is 11.5 Å². The molecule has 0 amide bonds. The number of aryl methyl sites for hydroxylation is 1. The highest BCUT2D eigenvalue weighted by Gasteiger charge is 2.26. The van der Waals surface area contributed by atoms with Gasteiger partial charge in [-0.15, -0.1) is 0 Å². The van der Waals surface area contributed by atoms with Crippen molar-refractivity contribution in [3.63, 3.8) is 0 Å². The van der Waals surface area contributed by atoms with E-state index in [1.54, 1.807) is 0 Å². The first kappa shape index (κ1) is 28.3. The van der Waals surface area contributed by atoms with Crippen molar-refractivity contribution in [1.29, 1.82) is 5.26 Å². The van der Waals surface area contributed by atoms with Crippen molar-refractivity contribution in [2.45, 2.75) is 59.4 Å². The van der Waals surface area contributed by atoms with Gasteiger partial charge in [-0.3, -0.25) is 14.2 Å². The van der Waals surface area contributed by atoms with Crippen LogP contribution in [0.2, 0.25) is 10.0 Å². The van der Waals surface area contributed by atoms with E-state index in [1.165, 1.54) is 25.5 Å². The minimum absolute atomic E-state index is 0.00721. The molecule has 0 aliphatic carbocycles. The minimum Gasteiger partial charge on any atom is -0.494 e. The Morgan fingerprint density at radius 3 is 2.27 bits per heavy atom. The third-order valence-corrected chi connectivity index (χ3v) is 6.80. The van der Waals surface area contributed by atoms with E-state index in [2.05, 4.69) is 6.92 Å². The molecule has 0 saturated heterocycles. The van der Waals surface area contributed by atoms with Gasteiger partial charge in [0.25, 0.3) is 5.56 Å². The van der Waals surface area contributed by atoms with Crippen LogP contribution in [0.5, 0.6) is 11.6 Å². The number of hydrogen-bond donors (Lipinski definition) is 1. The van der Waals surface area contributed by atoms with Crippen LogP contribution in [0, 0.1) is 25.2 Å². The molecule has 8 heteroatoms. The summed E-state index contributed by atoms with van der Waals surface area (Å²) in [6.07, 6.45) is 5.37. The fraction of sp³-hybridized carbons (Fsp3) is 0.345. The number of aromatic nitrogens is 1. The molecule has 1 heterocycles. The number of hydrogen-bond acceptors (Lipinski definition) is 5. The average Bonchev–Trinajstić information content (AvgIpc) is 2.86. The lowest BCUT2D eigenvalue weighted by atomic mass is 9.97. The molecule has 1 aromatic heterocycles. The van der Waals surface area contributed by atoms with E-state index < -0.39 is 17.2 Å². The second-order valence-electron chi connectivity index (χ2n) is 9.05. The summed E-state index contributed by atoms with van der Waals surface area (Å²) in [6, 6.07) is 12.1. The number of nitrogens with zero attached hydrogens (tertiary/aromatic N) is 2. The highest BCUT2D eigenvalue weighted by molar-refractivity contribution is 6.38. The summed E-state index contributed by atoms with van der Waals surface area (Å²) >= 11 is 12.8. The third kappa shape index (κ3) is 6.54. The van der Waals surface area contributed by atoms with Crippen molar-refractivity contribution >= 4 is 29.0 Å². The van der Waals surface area contributed by atoms with Crippen molar-refractivity contribution in [3.8, 4) is 17.7 Å². The molecular weight excluding hydrogens is 511 g/mol. The van der Waals surface area contributed by atoms with E-state index in [-0.39, 0.29) is 38.8 Å². The fourth-order valence-corrected chi connectivity index (χ4v) is 4.69. The SMILES string of the molecule is CCCCCCCOc1c(Cl)cc(C(=O)c2c(C)c(C#N)c(=O)n(Cc3ccc(C)cc3)c2O)cc1Cl. The van der Waals surface area contributed by atoms with Gasteiger partial charge in [0.2, 0.25) is 5.88 Å². The first-order valence-corrected chi connectivity index (χ1v) is 13.0.